The maximum Gasteiger partial charge on any atom is 0.217 e. The van der Waals surface area contributed by atoms with E-state index in [1.54, 1.807) is 14.2 Å². The second kappa shape index (κ2) is 7.68. The normalized spacial score (nSPS) is 11.9. The third-order valence-electron chi connectivity index (χ3n) is 2.36. The molecule has 1 aromatic carbocycles. The number of nitrogens with one attached hydrogen (secondary N) is 1. The highest BCUT2D eigenvalue weighted by molar-refractivity contribution is 5.73. The second-order valence-corrected chi connectivity index (χ2v) is 3.81. The van der Waals surface area contributed by atoms with E-state index in [1.807, 2.05) is 24.3 Å². The largest absolute Gasteiger partial charge is 0.497 e. The number of ether oxygens (including phenoxy) is 3. The summed E-state index contributed by atoms with van der Waals surface area (Å²) in [6, 6.07) is 7.30. The number of benzene rings is 1. The van der Waals surface area contributed by atoms with Crippen LogP contribution < -0.4 is 10.1 Å². The Morgan fingerprint density at radius 2 is 2.17 bits per heavy atom. The van der Waals surface area contributed by atoms with Gasteiger partial charge in [0, 0.05) is 14.0 Å². The van der Waals surface area contributed by atoms with E-state index in [0.717, 1.165) is 11.3 Å². The number of amides is 1. The zero-order chi connectivity index (χ0) is 13.4. The van der Waals surface area contributed by atoms with E-state index in [-0.39, 0.29) is 18.7 Å². The molecule has 0 radical (unpaired) electrons. The van der Waals surface area contributed by atoms with Gasteiger partial charge in [0.15, 0.2) is 0 Å². The van der Waals surface area contributed by atoms with E-state index in [0.29, 0.717) is 6.61 Å². The van der Waals surface area contributed by atoms with Gasteiger partial charge in [-0.3, -0.25) is 4.79 Å². The SMILES string of the molecule is COCOC[C@@H](NC(C)=O)c1cccc(OC)c1. The molecule has 1 N–H and O–H groups in total. The van der Waals surface area contributed by atoms with Gasteiger partial charge in [-0.1, -0.05) is 12.1 Å². The highest BCUT2D eigenvalue weighted by Gasteiger charge is 2.13. The summed E-state index contributed by atoms with van der Waals surface area (Å²) in [4.78, 5) is 11.2. The maximum absolute atomic E-state index is 11.2. The first-order valence-corrected chi connectivity index (χ1v) is 5.65. The van der Waals surface area contributed by atoms with E-state index in [2.05, 4.69) is 5.32 Å². The van der Waals surface area contributed by atoms with Crippen molar-refractivity contribution in [2.45, 2.75) is 13.0 Å². The van der Waals surface area contributed by atoms with Crippen LogP contribution in [0.2, 0.25) is 0 Å². The lowest BCUT2D eigenvalue weighted by Crippen LogP contribution is -2.29. The number of carbonyl (C=O) groups excluding carboxylic acids is 1. The molecule has 5 heteroatoms. The molecule has 1 atom stereocenters. The Kier molecular flexibility index (Phi) is 6.18. The van der Waals surface area contributed by atoms with Crippen molar-refractivity contribution in [1.29, 1.82) is 0 Å². The number of hydrogen-bond donors (Lipinski definition) is 1. The molecule has 0 aliphatic rings. The minimum Gasteiger partial charge on any atom is -0.497 e. The lowest BCUT2D eigenvalue weighted by Gasteiger charge is -2.18. The van der Waals surface area contributed by atoms with Crippen molar-refractivity contribution in [3.05, 3.63) is 29.8 Å². The molecule has 0 unspecified atom stereocenters. The summed E-state index contributed by atoms with van der Waals surface area (Å²) in [6.07, 6.45) is 0. The summed E-state index contributed by atoms with van der Waals surface area (Å²) in [6.45, 7) is 2.02. The molecule has 0 saturated carbocycles. The zero-order valence-electron chi connectivity index (χ0n) is 10.9. The molecule has 0 bridgehead atoms. The van der Waals surface area contributed by atoms with Crippen LogP contribution in [0.1, 0.15) is 18.5 Å². The molecule has 0 spiro atoms. The molecule has 0 aliphatic carbocycles. The third-order valence-corrected chi connectivity index (χ3v) is 2.36. The fourth-order valence-electron chi connectivity index (χ4n) is 1.57. The summed E-state index contributed by atoms with van der Waals surface area (Å²) in [7, 11) is 3.16. The predicted octanol–water partition coefficient (Wildman–Crippen LogP) is 1.49. The first-order chi connectivity index (χ1) is 8.67. The number of hydrogen-bond acceptors (Lipinski definition) is 4. The number of carbonyl (C=O) groups is 1. The van der Waals surface area contributed by atoms with Crippen LogP contribution >= 0.6 is 0 Å². The van der Waals surface area contributed by atoms with Crippen LogP contribution in [0.25, 0.3) is 0 Å². The maximum atomic E-state index is 11.2. The van der Waals surface area contributed by atoms with Crippen LogP contribution in [0.5, 0.6) is 5.75 Å². The van der Waals surface area contributed by atoms with Crippen molar-refractivity contribution in [1.82, 2.24) is 5.32 Å². The molecule has 1 rings (SSSR count). The molecule has 0 heterocycles. The van der Waals surface area contributed by atoms with Crippen LogP contribution in [0, 0.1) is 0 Å². The molecule has 0 fully saturated rings. The van der Waals surface area contributed by atoms with Crippen LogP contribution in [0.15, 0.2) is 24.3 Å². The summed E-state index contributed by atoms with van der Waals surface area (Å²) in [5, 5.41) is 2.83. The molecule has 0 saturated heterocycles. The first-order valence-electron chi connectivity index (χ1n) is 5.65. The van der Waals surface area contributed by atoms with Gasteiger partial charge in [0.1, 0.15) is 12.5 Å². The minimum absolute atomic E-state index is 0.108. The topological polar surface area (TPSA) is 56.8 Å². The Morgan fingerprint density at radius 1 is 1.39 bits per heavy atom. The van der Waals surface area contributed by atoms with Crippen molar-refractivity contribution < 1.29 is 19.0 Å². The number of rotatable bonds is 7. The lowest BCUT2D eigenvalue weighted by atomic mass is 10.1. The quantitative estimate of drug-likeness (QED) is 0.591. The van der Waals surface area contributed by atoms with Gasteiger partial charge in [-0.25, -0.2) is 0 Å². The van der Waals surface area contributed by atoms with Crippen LogP contribution in [0.3, 0.4) is 0 Å². The Hall–Kier alpha value is -1.59. The molecule has 0 aromatic heterocycles. The summed E-state index contributed by atoms with van der Waals surface area (Å²) in [5.41, 5.74) is 0.931. The van der Waals surface area contributed by atoms with Crippen LogP contribution in [-0.2, 0) is 14.3 Å². The molecule has 0 aliphatic heterocycles. The Labute approximate surface area is 107 Å². The molecule has 100 valence electrons. The fraction of sp³-hybridized carbons (Fsp3) is 0.462. The van der Waals surface area contributed by atoms with Gasteiger partial charge in [-0.2, -0.15) is 0 Å². The van der Waals surface area contributed by atoms with E-state index < -0.39 is 0 Å². The average Bonchev–Trinajstić information content (AvgIpc) is 2.37. The highest BCUT2D eigenvalue weighted by Crippen LogP contribution is 2.19. The van der Waals surface area contributed by atoms with E-state index in [4.69, 9.17) is 14.2 Å². The van der Waals surface area contributed by atoms with Crippen LogP contribution in [0.4, 0.5) is 0 Å². The van der Waals surface area contributed by atoms with Gasteiger partial charge in [0.25, 0.3) is 0 Å². The molecular formula is C13H19NO4. The predicted molar refractivity (Wildman–Crippen MR) is 67.4 cm³/mol. The molecule has 18 heavy (non-hydrogen) atoms. The fourth-order valence-corrected chi connectivity index (χ4v) is 1.57. The number of methoxy groups -OCH3 is 2. The molecule has 5 nitrogen and oxygen atoms in total. The minimum atomic E-state index is -0.215. The van der Waals surface area contributed by atoms with E-state index >= 15 is 0 Å². The van der Waals surface area contributed by atoms with Crippen molar-refractivity contribution >= 4 is 5.91 Å². The van der Waals surface area contributed by atoms with Crippen LogP contribution in [-0.4, -0.2) is 33.5 Å². The molecular weight excluding hydrogens is 234 g/mol. The van der Waals surface area contributed by atoms with E-state index in [1.165, 1.54) is 6.92 Å². The lowest BCUT2D eigenvalue weighted by molar-refractivity contribution is -0.120. The summed E-state index contributed by atoms with van der Waals surface area (Å²) >= 11 is 0. The molecule has 1 amide bonds. The highest BCUT2D eigenvalue weighted by atomic mass is 16.7. The smallest absolute Gasteiger partial charge is 0.217 e. The second-order valence-electron chi connectivity index (χ2n) is 3.81. The average molecular weight is 253 g/mol. The molecule has 1 aromatic rings. The van der Waals surface area contributed by atoms with Gasteiger partial charge in [-0.05, 0) is 17.7 Å². The van der Waals surface area contributed by atoms with Gasteiger partial charge in [0.05, 0.1) is 19.8 Å². The van der Waals surface area contributed by atoms with Crippen molar-refractivity contribution in [3.8, 4) is 5.75 Å². The Bertz CT molecular complexity index is 381. The Morgan fingerprint density at radius 3 is 2.78 bits per heavy atom. The summed E-state index contributed by atoms with van der Waals surface area (Å²) < 4.78 is 15.3. The third kappa shape index (κ3) is 4.73. The van der Waals surface area contributed by atoms with Crippen molar-refractivity contribution in [2.75, 3.05) is 27.6 Å². The summed E-state index contributed by atoms with van der Waals surface area (Å²) in [5.74, 6) is 0.637. The van der Waals surface area contributed by atoms with Gasteiger partial charge >= 0.3 is 0 Å². The Balaban J connectivity index is 2.75. The van der Waals surface area contributed by atoms with Gasteiger partial charge in [0.2, 0.25) is 5.91 Å². The van der Waals surface area contributed by atoms with Crippen molar-refractivity contribution in [3.63, 3.8) is 0 Å². The monoisotopic (exact) mass is 253 g/mol. The van der Waals surface area contributed by atoms with E-state index in [9.17, 15) is 4.79 Å². The van der Waals surface area contributed by atoms with Crippen molar-refractivity contribution in [2.24, 2.45) is 0 Å². The first kappa shape index (κ1) is 14.5. The standard InChI is InChI=1S/C13H19NO4/c1-10(15)14-13(8-18-9-16-2)11-5-4-6-12(7-11)17-3/h4-7,13H,8-9H2,1-3H3,(H,14,15)/t13-/m1/s1. The van der Waals surface area contributed by atoms with Gasteiger partial charge < -0.3 is 19.5 Å². The van der Waals surface area contributed by atoms with Gasteiger partial charge in [-0.15, -0.1) is 0 Å². The zero-order valence-corrected chi connectivity index (χ0v) is 10.9.